The largest absolute Gasteiger partial charge is 0.474 e. The van der Waals surface area contributed by atoms with Gasteiger partial charge in [-0.3, -0.25) is 13.6 Å². The first-order valence-electron chi connectivity index (χ1n) is 13.5. The lowest BCUT2D eigenvalue weighted by Gasteiger charge is -2.55. The van der Waals surface area contributed by atoms with E-state index in [0.29, 0.717) is 0 Å². The maximum Gasteiger partial charge on any atom is 0.474 e. The molecule has 0 radical (unpaired) electrons. The Kier molecular flexibility index (Phi) is 12.8. The van der Waals surface area contributed by atoms with E-state index in [0.717, 1.165) is 0 Å². The zero-order chi connectivity index (χ0) is 30.1. The zero-order valence-electron chi connectivity index (χ0n) is 27.1. The van der Waals surface area contributed by atoms with Crippen LogP contribution in [-0.4, -0.2) is 92.4 Å². The van der Waals surface area contributed by atoms with Gasteiger partial charge in [0.25, 0.3) is 0 Å². The molecular formula is C23H57O9PSi5. The molecule has 1 aliphatic rings. The molecule has 1 aliphatic carbocycles. The maximum atomic E-state index is 13.5. The van der Waals surface area contributed by atoms with Crippen molar-refractivity contribution in [3.8, 4) is 0 Å². The quantitative estimate of drug-likeness (QED) is 0.148. The first-order valence-corrected chi connectivity index (χ1v) is 32.0. The summed E-state index contributed by atoms with van der Waals surface area (Å²) in [5, 5.41) is 0. The molecule has 0 aromatic carbocycles. The van der Waals surface area contributed by atoms with Crippen molar-refractivity contribution in [1.82, 2.24) is 0 Å². The van der Waals surface area contributed by atoms with Crippen molar-refractivity contribution >= 4 is 49.4 Å². The molecule has 2 unspecified atom stereocenters. The second kappa shape index (κ2) is 13.1. The monoisotopic (exact) mass is 648 g/mol. The first kappa shape index (κ1) is 37.0. The Bertz CT molecular complexity index is 748. The second-order valence-corrected chi connectivity index (χ2v) is 39.0. The molecule has 1 fully saturated rings. The molecule has 0 amide bonds. The van der Waals surface area contributed by atoms with Gasteiger partial charge in [-0.2, -0.15) is 0 Å². The average molecular weight is 649 g/mol. The fourth-order valence-electron chi connectivity index (χ4n) is 4.26. The topological polar surface area (TPSA) is 90.9 Å². The minimum atomic E-state index is -3.92. The fraction of sp³-hybridized carbons (Fsp3) is 1.00. The minimum absolute atomic E-state index is 0.452. The number of phosphoric ester groups is 1. The summed E-state index contributed by atoms with van der Waals surface area (Å²) < 4.78 is 64.8. The highest BCUT2D eigenvalue weighted by Gasteiger charge is 2.59. The van der Waals surface area contributed by atoms with Crippen LogP contribution in [-0.2, 0) is 40.3 Å². The van der Waals surface area contributed by atoms with Crippen LogP contribution in [0.3, 0.4) is 0 Å². The Balaban J connectivity index is 4.03. The van der Waals surface area contributed by atoms with Crippen LogP contribution in [0.2, 0.25) is 98.2 Å². The lowest BCUT2D eigenvalue weighted by atomic mass is 9.85. The van der Waals surface area contributed by atoms with Gasteiger partial charge in [0.15, 0.2) is 41.6 Å². The summed E-state index contributed by atoms with van der Waals surface area (Å²) in [6, 6.07) is 0. The van der Waals surface area contributed by atoms with Crippen LogP contribution in [0.1, 0.15) is 0 Å². The molecule has 9 nitrogen and oxygen atoms in total. The molecule has 228 valence electrons. The Hall–Kier alpha value is 0.994. The van der Waals surface area contributed by atoms with Crippen LogP contribution in [0.4, 0.5) is 0 Å². The second-order valence-electron chi connectivity index (χ2n) is 14.9. The van der Waals surface area contributed by atoms with Gasteiger partial charge in [-0.25, -0.2) is 4.57 Å². The molecule has 0 aromatic heterocycles. The van der Waals surface area contributed by atoms with E-state index >= 15 is 0 Å². The summed E-state index contributed by atoms with van der Waals surface area (Å²) in [6.07, 6.45) is -3.58. The van der Waals surface area contributed by atoms with Crippen molar-refractivity contribution in [3.05, 3.63) is 0 Å². The number of hydrogen-bond acceptors (Lipinski definition) is 9. The molecule has 0 N–H and O–H groups in total. The van der Waals surface area contributed by atoms with Crippen molar-refractivity contribution in [2.24, 2.45) is 0 Å². The average Bonchev–Trinajstić information content (AvgIpc) is 2.65. The van der Waals surface area contributed by atoms with Crippen LogP contribution in [0.25, 0.3) is 0 Å². The number of rotatable bonds is 14. The van der Waals surface area contributed by atoms with Crippen molar-refractivity contribution in [3.63, 3.8) is 0 Å². The van der Waals surface area contributed by atoms with E-state index in [9.17, 15) is 4.57 Å². The van der Waals surface area contributed by atoms with Crippen LogP contribution in [0.15, 0.2) is 0 Å². The van der Waals surface area contributed by atoms with E-state index in [2.05, 4.69) is 98.2 Å². The molecule has 0 spiro atoms. The van der Waals surface area contributed by atoms with E-state index in [-0.39, 0.29) is 0 Å². The molecule has 0 aliphatic heterocycles. The highest BCUT2D eigenvalue weighted by Crippen LogP contribution is 2.52. The van der Waals surface area contributed by atoms with Crippen molar-refractivity contribution in [2.75, 3.05) is 14.2 Å². The van der Waals surface area contributed by atoms with Gasteiger partial charge in [0.05, 0.1) is 0 Å². The normalized spacial score (nSPS) is 28.6. The zero-order valence-corrected chi connectivity index (χ0v) is 33.0. The van der Waals surface area contributed by atoms with E-state index in [1.54, 1.807) is 0 Å². The summed E-state index contributed by atoms with van der Waals surface area (Å²) in [5.74, 6) is 0. The molecular weight excluding hydrogens is 592 g/mol. The van der Waals surface area contributed by atoms with Gasteiger partial charge in [-0.15, -0.1) is 0 Å². The third-order valence-corrected chi connectivity index (χ3v) is 11.4. The molecule has 6 atom stereocenters. The Labute approximate surface area is 238 Å². The molecule has 38 heavy (non-hydrogen) atoms. The fourth-order valence-corrected chi connectivity index (χ4v) is 10.5. The summed E-state index contributed by atoms with van der Waals surface area (Å²) in [6.45, 7) is 32.1. The Morgan fingerprint density at radius 1 is 0.395 bits per heavy atom. The summed E-state index contributed by atoms with van der Waals surface area (Å²) in [4.78, 5) is 0. The predicted molar refractivity (Wildman–Crippen MR) is 168 cm³/mol. The first-order chi connectivity index (χ1) is 16.7. The lowest BCUT2D eigenvalue weighted by Crippen LogP contribution is -2.72. The van der Waals surface area contributed by atoms with E-state index in [4.69, 9.17) is 35.7 Å². The van der Waals surface area contributed by atoms with Gasteiger partial charge in [-0.1, -0.05) is 0 Å². The molecule has 0 bridgehead atoms. The predicted octanol–water partition coefficient (Wildman–Crippen LogP) is 6.89. The number of phosphoric acid groups is 1. The molecule has 0 heterocycles. The van der Waals surface area contributed by atoms with Gasteiger partial charge in [-0.05, 0) is 98.2 Å². The summed E-state index contributed by atoms with van der Waals surface area (Å²) in [7, 11) is -12.0. The number of hydrogen-bond donors (Lipinski definition) is 0. The summed E-state index contributed by atoms with van der Waals surface area (Å²) >= 11 is 0. The third-order valence-electron chi connectivity index (χ3n) is 5.09. The Morgan fingerprint density at radius 3 is 0.737 bits per heavy atom. The highest BCUT2D eigenvalue weighted by molar-refractivity contribution is 7.48. The van der Waals surface area contributed by atoms with Gasteiger partial charge >= 0.3 is 7.82 Å². The maximum absolute atomic E-state index is 13.5. The van der Waals surface area contributed by atoms with Crippen LogP contribution < -0.4 is 0 Å². The van der Waals surface area contributed by atoms with E-state index < -0.39 is 86.0 Å². The molecule has 0 aromatic rings. The van der Waals surface area contributed by atoms with Crippen LogP contribution in [0, 0.1) is 0 Å². The Morgan fingerprint density at radius 2 is 0.579 bits per heavy atom. The standard InChI is InChI=1S/C23H57O9PSi5/c1-25-33(24,26-2)27-18-19(28-34(3,4)5)21(30-36(9,10)11)23(32-38(15,16)17)22(31-37(12,13)14)20(18)29-35(6,7)8/h18-23H,1-17H3/t18?,19-,20+,21+,22-,23?. The lowest BCUT2D eigenvalue weighted by molar-refractivity contribution is -0.197. The summed E-state index contributed by atoms with van der Waals surface area (Å²) in [5.41, 5.74) is 0. The highest BCUT2D eigenvalue weighted by atomic mass is 31.2. The van der Waals surface area contributed by atoms with Crippen molar-refractivity contribution in [2.45, 2.75) is 135 Å². The molecule has 1 rings (SSSR count). The van der Waals surface area contributed by atoms with Gasteiger partial charge in [0.2, 0.25) is 0 Å². The smallest absolute Gasteiger partial charge is 0.409 e. The van der Waals surface area contributed by atoms with Crippen molar-refractivity contribution < 1.29 is 40.3 Å². The van der Waals surface area contributed by atoms with Crippen LogP contribution >= 0.6 is 7.82 Å². The van der Waals surface area contributed by atoms with E-state index in [1.165, 1.54) is 14.2 Å². The van der Waals surface area contributed by atoms with Gasteiger partial charge in [0, 0.05) is 14.2 Å². The molecule has 0 saturated heterocycles. The SMILES string of the molecule is COP(=O)(OC)OC1[C@@H](O[Si](C)(C)C)[C@H](O[Si](C)(C)C)C(O[Si](C)(C)C)[C@H](O[Si](C)(C)C)[C@H]1O[Si](C)(C)C. The molecule has 1 saturated carbocycles. The third kappa shape index (κ3) is 12.9. The minimum Gasteiger partial charge on any atom is -0.409 e. The van der Waals surface area contributed by atoms with Gasteiger partial charge in [0.1, 0.15) is 36.6 Å². The molecule has 15 heteroatoms. The van der Waals surface area contributed by atoms with Crippen LogP contribution in [0.5, 0.6) is 0 Å². The van der Waals surface area contributed by atoms with E-state index in [1.807, 2.05) is 0 Å². The van der Waals surface area contributed by atoms with Crippen molar-refractivity contribution in [1.29, 1.82) is 0 Å². The van der Waals surface area contributed by atoms with Gasteiger partial charge < -0.3 is 22.1 Å².